The van der Waals surface area contributed by atoms with Gasteiger partial charge in [0.25, 0.3) is 0 Å². The number of carbonyl (C=O) groups is 2. The van der Waals surface area contributed by atoms with Gasteiger partial charge in [-0.25, -0.2) is 4.79 Å². The van der Waals surface area contributed by atoms with Crippen molar-refractivity contribution >= 4 is 11.9 Å². The van der Waals surface area contributed by atoms with Gasteiger partial charge in [-0.1, -0.05) is 36.8 Å². The zero-order valence-electron chi connectivity index (χ0n) is 20.5. The number of nitrogens with one attached hydrogen (secondary N) is 1. The lowest BCUT2D eigenvalue weighted by atomic mass is 9.68. The van der Waals surface area contributed by atoms with Gasteiger partial charge in [-0.3, -0.25) is 9.69 Å². The summed E-state index contributed by atoms with van der Waals surface area (Å²) in [4.78, 5) is 32.3. The highest BCUT2D eigenvalue weighted by Gasteiger charge is 2.55. The number of nitrogens with zero attached hydrogens (tertiary/aromatic N) is 3. The molecule has 1 aromatic rings. The van der Waals surface area contributed by atoms with Gasteiger partial charge in [0.2, 0.25) is 5.91 Å². The van der Waals surface area contributed by atoms with Gasteiger partial charge < -0.3 is 19.9 Å². The second kappa shape index (κ2) is 10.0. The predicted molar refractivity (Wildman–Crippen MR) is 129 cm³/mol. The molecule has 1 aliphatic heterocycles. The van der Waals surface area contributed by atoms with Gasteiger partial charge >= 0.3 is 6.03 Å². The van der Waals surface area contributed by atoms with Crippen LogP contribution >= 0.6 is 0 Å². The van der Waals surface area contributed by atoms with E-state index in [-0.39, 0.29) is 29.6 Å². The maximum Gasteiger partial charge on any atom is 0.321 e. The highest BCUT2D eigenvalue weighted by Crippen LogP contribution is 2.49. The molecular formula is C26H40N4O3. The smallest absolute Gasteiger partial charge is 0.321 e. The molecule has 1 saturated heterocycles. The van der Waals surface area contributed by atoms with Crippen LogP contribution < -0.4 is 5.32 Å². The van der Waals surface area contributed by atoms with Crippen LogP contribution in [0.4, 0.5) is 4.79 Å². The van der Waals surface area contributed by atoms with Crippen molar-refractivity contribution < 1.29 is 14.3 Å². The molecule has 2 saturated carbocycles. The maximum absolute atomic E-state index is 13.5. The van der Waals surface area contributed by atoms with Crippen molar-refractivity contribution in [2.24, 2.45) is 5.92 Å². The van der Waals surface area contributed by atoms with Crippen LogP contribution in [0.25, 0.3) is 0 Å². The summed E-state index contributed by atoms with van der Waals surface area (Å²) in [6.07, 6.45) is 7.62. The molecule has 0 aromatic heterocycles. The van der Waals surface area contributed by atoms with Gasteiger partial charge in [-0.15, -0.1) is 0 Å². The Morgan fingerprint density at radius 2 is 1.85 bits per heavy atom. The first kappa shape index (κ1) is 24.0. The summed E-state index contributed by atoms with van der Waals surface area (Å²) in [5.41, 5.74) is 1.17. The highest BCUT2D eigenvalue weighted by atomic mass is 16.5. The molecule has 0 radical (unpaired) electrons. The molecule has 1 N–H and O–H groups in total. The predicted octanol–water partition coefficient (Wildman–Crippen LogP) is 3.06. The van der Waals surface area contributed by atoms with Crippen LogP contribution in [0, 0.1) is 5.92 Å². The second-order valence-corrected chi connectivity index (χ2v) is 10.4. The minimum atomic E-state index is -0.173. The van der Waals surface area contributed by atoms with Gasteiger partial charge in [0.05, 0.1) is 12.1 Å². The Morgan fingerprint density at radius 1 is 1.15 bits per heavy atom. The molecule has 3 amide bonds. The summed E-state index contributed by atoms with van der Waals surface area (Å²) in [6.45, 7) is 2.55. The Labute approximate surface area is 198 Å². The molecule has 1 aromatic carbocycles. The number of rotatable bonds is 9. The van der Waals surface area contributed by atoms with Crippen molar-refractivity contribution in [2.75, 3.05) is 54.0 Å². The van der Waals surface area contributed by atoms with E-state index in [1.165, 1.54) is 24.8 Å². The molecule has 33 heavy (non-hydrogen) atoms. The first-order valence-electron chi connectivity index (χ1n) is 12.5. The number of hydrogen-bond donors (Lipinski definition) is 1. The number of hydrogen-bond acceptors (Lipinski definition) is 4. The van der Waals surface area contributed by atoms with E-state index in [4.69, 9.17) is 4.74 Å². The average Bonchev–Trinajstić information content (AvgIpc) is 3.02. The van der Waals surface area contributed by atoms with E-state index in [1.807, 2.05) is 0 Å². The number of urea groups is 1. The standard InChI is InChI=1S/C26H40N4O3/c1-28(2)26(22-10-5-4-6-11-22)14-12-25(13-15-26)20-29(19-23(31)27-16-17-33-3)24(32)30(25)18-21-8-7-9-21/h4-6,10-11,21H,7-9,12-20H2,1-3H3,(H,27,31)/t25-,26-. The number of amides is 3. The normalized spacial score (nSPS) is 27.9. The number of carbonyl (C=O) groups excluding carboxylic acids is 2. The monoisotopic (exact) mass is 456 g/mol. The second-order valence-electron chi connectivity index (χ2n) is 10.4. The largest absolute Gasteiger partial charge is 0.383 e. The molecule has 7 heteroatoms. The van der Waals surface area contributed by atoms with E-state index in [0.717, 1.165) is 32.2 Å². The van der Waals surface area contributed by atoms with E-state index in [2.05, 4.69) is 59.5 Å². The lowest BCUT2D eigenvalue weighted by Gasteiger charge is -2.51. The third-order valence-corrected chi connectivity index (χ3v) is 8.36. The highest BCUT2D eigenvalue weighted by molar-refractivity contribution is 5.86. The van der Waals surface area contributed by atoms with Crippen molar-refractivity contribution in [2.45, 2.75) is 56.0 Å². The molecule has 4 rings (SSSR count). The molecule has 2 aliphatic carbocycles. The van der Waals surface area contributed by atoms with Gasteiger partial charge in [-0.05, 0) is 64.1 Å². The van der Waals surface area contributed by atoms with Gasteiger partial charge in [-0.2, -0.15) is 0 Å². The van der Waals surface area contributed by atoms with Crippen LogP contribution in [0.5, 0.6) is 0 Å². The van der Waals surface area contributed by atoms with Crippen molar-refractivity contribution in [1.29, 1.82) is 0 Å². The Kier molecular flexibility index (Phi) is 7.29. The molecule has 0 bridgehead atoms. The van der Waals surface area contributed by atoms with Gasteiger partial charge in [0.15, 0.2) is 0 Å². The van der Waals surface area contributed by atoms with Crippen LogP contribution in [0.3, 0.4) is 0 Å². The fraction of sp³-hybridized carbons (Fsp3) is 0.692. The fourth-order valence-corrected chi connectivity index (χ4v) is 6.03. The van der Waals surface area contributed by atoms with E-state index in [1.54, 1.807) is 12.0 Å². The maximum atomic E-state index is 13.5. The Bertz CT molecular complexity index is 816. The number of methoxy groups -OCH3 is 1. The van der Waals surface area contributed by atoms with E-state index in [0.29, 0.717) is 25.6 Å². The third-order valence-electron chi connectivity index (χ3n) is 8.36. The molecule has 1 spiro atoms. The lowest BCUT2D eigenvalue weighted by Crippen LogP contribution is -2.56. The molecular weight excluding hydrogens is 416 g/mol. The summed E-state index contributed by atoms with van der Waals surface area (Å²) in [7, 11) is 5.96. The summed E-state index contributed by atoms with van der Waals surface area (Å²) in [5, 5.41) is 2.87. The van der Waals surface area contributed by atoms with Crippen LogP contribution in [-0.4, -0.2) is 86.2 Å². The van der Waals surface area contributed by atoms with Crippen LogP contribution in [-0.2, 0) is 15.1 Å². The summed E-state index contributed by atoms with van der Waals surface area (Å²) in [6, 6.07) is 10.8. The summed E-state index contributed by atoms with van der Waals surface area (Å²) in [5.74, 6) is 0.500. The van der Waals surface area contributed by atoms with E-state index >= 15 is 0 Å². The fourth-order valence-electron chi connectivity index (χ4n) is 6.03. The quantitative estimate of drug-likeness (QED) is 0.580. The Morgan fingerprint density at radius 3 is 2.42 bits per heavy atom. The van der Waals surface area contributed by atoms with Crippen LogP contribution in [0.2, 0.25) is 0 Å². The van der Waals surface area contributed by atoms with Crippen molar-refractivity contribution in [3.8, 4) is 0 Å². The lowest BCUT2D eigenvalue weighted by molar-refractivity contribution is -0.121. The van der Waals surface area contributed by atoms with Gasteiger partial charge in [0, 0.05) is 32.3 Å². The molecule has 3 fully saturated rings. The van der Waals surface area contributed by atoms with Crippen LogP contribution in [0.1, 0.15) is 50.5 Å². The molecule has 182 valence electrons. The molecule has 0 unspecified atom stereocenters. The molecule has 1 heterocycles. The minimum Gasteiger partial charge on any atom is -0.383 e. The van der Waals surface area contributed by atoms with Gasteiger partial charge in [0.1, 0.15) is 6.54 Å². The van der Waals surface area contributed by atoms with E-state index in [9.17, 15) is 9.59 Å². The van der Waals surface area contributed by atoms with Crippen LogP contribution in [0.15, 0.2) is 30.3 Å². The SMILES string of the molecule is COCCNC(=O)CN1C[C@]2(CC[C@@](c3ccccc3)(N(C)C)CC2)N(CC2CCC2)C1=O. The first-order valence-corrected chi connectivity index (χ1v) is 12.5. The zero-order chi connectivity index (χ0) is 23.5. The Balaban J connectivity index is 1.51. The summed E-state index contributed by atoms with van der Waals surface area (Å²) < 4.78 is 5.02. The van der Waals surface area contributed by atoms with Crippen molar-refractivity contribution in [3.63, 3.8) is 0 Å². The third kappa shape index (κ3) is 4.76. The minimum absolute atomic E-state index is 0.0113. The summed E-state index contributed by atoms with van der Waals surface area (Å²) >= 11 is 0. The van der Waals surface area contributed by atoms with E-state index < -0.39 is 0 Å². The zero-order valence-corrected chi connectivity index (χ0v) is 20.5. The molecule has 0 atom stereocenters. The van der Waals surface area contributed by atoms with Crippen molar-refractivity contribution in [1.82, 2.24) is 20.0 Å². The molecule has 3 aliphatic rings. The van der Waals surface area contributed by atoms with Crippen molar-refractivity contribution in [3.05, 3.63) is 35.9 Å². The number of benzene rings is 1. The topological polar surface area (TPSA) is 65.1 Å². The first-order chi connectivity index (χ1) is 15.9. The Hall–Kier alpha value is -2.12. The average molecular weight is 457 g/mol. The number of ether oxygens (including phenoxy) is 1. The molecule has 7 nitrogen and oxygen atoms in total.